The zero-order valence-corrected chi connectivity index (χ0v) is 23.5. The number of halogens is 1. The van der Waals surface area contributed by atoms with Crippen LogP contribution in [0.2, 0.25) is 0 Å². The Morgan fingerprint density at radius 1 is 1.23 bits per heavy atom. The van der Waals surface area contributed by atoms with Gasteiger partial charge in [-0.3, -0.25) is 4.79 Å². The van der Waals surface area contributed by atoms with Gasteiger partial charge in [-0.2, -0.15) is 0 Å². The summed E-state index contributed by atoms with van der Waals surface area (Å²) >= 11 is 0. The summed E-state index contributed by atoms with van der Waals surface area (Å²) in [5.41, 5.74) is 4.65. The van der Waals surface area contributed by atoms with Crippen molar-refractivity contribution in [1.82, 2.24) is 0 Å². The third-order valence-corrected chi connectivity index (χ3v) is 10.7. The molecule has 0 spiro atoms. The molecule has 2 N–H and O–H groups in total. The number of ether oxygens (including phenoxy) is 1. The van der Waals surface area contributed by atoms with E-state index in [1.165, 1.54) is 16.8 Å². The molecule has 212 valence electrons. The Bertz CT molecular complexity index is 1330. The first-order chi connectivity index (χ1) is 19.3. The van der Waals surface area contributed by atoms with E-state index in [0.29, 0.717) is 37.0 Å². The van der Waals surface area contributed by atoms with Crippen LogP contribution in [0.3, 0.4) is 0 Å². The molecule has 6 nitrogen and oxygen atoms in total. The van der Waals surface area contributed by atoms with E-state index >= 15 is 4.39 Å². The van der Waals surface area contributed by atoms with Gasteiger partial charge in [-0.1, -0.05) is 41.6 Å². The number of hydrogen-bond donors (Lipinski definition) is 2. The van der Waals surface area contributed by atoms with Crippen LogP contribution in [0.5, 0.6) is 0 Å². The molecule has 1 aromatic rings. The van der Waals surface area contributed by atoms with E-state index in [2.05, 4.69) is 53.1 Å². The van der Waals surface area contributed by atoms with Gasteiger partial charge in [0.05, 0.1) is 24.3 Å². The number of alkyl halides is 1. The zero-order valence-electron chi connectivity index (χ0n) is 23.5. The van der Waals surface area contributed by atoms with Gasteiger partial charge in [-0.05, 0) is 97.6 Å². The van der Waals surface area contributed by atoms with Crippen LogP contribution in [-0.4, -0.2) is 60.9 Å². The molecule has 6 rings (SSSR count). The molecule has 1 aliphatic heterocycles. The first kappa shape index (κ1) is 27.2. The maximum absolute atomic E-state index is 15.9. The standard InChI is InChI=1S/C33H39FN2O4/c1-21(38)33(11-3-15-37)12-10-29-27-19-30(34)26-18-23(35-39)6-9-25(26)31(27)28(20-32(29,33)2)22-4-7-24(8-5-22)36-13-16-40-17-14-36/h4-5,7-8,18,27-30,37,39H,6,9-10,12-17,19-20H2,1-2H3/b35-23+/t27-,28+,29-,30?,32-,33+/m0/s1. The van der Waals surface area contributed by atoms with Crippen LogP contribution in [0, 0.1) is 34.5 Å². The molecule has 2 saturated carbocycles. The maximum atomic E-state index is 15.9. The Kier molecular flexibility index (Phi) is 7.13. The van der Waals surface area contributed by atoms with Gasteiger partial charge in [-0.15, -0.1) is 0 Å². The Morgan fingerprint density at radius 2 is 1.98 bits per heavy atom. The van der Waals surface area contributed by atoms with Crippen molar-refractivity contribution in [2.45, 2.75) is 64.5 Å². The molecular formula is C33H39FN2O4. The van der Waals surface area contributed by atoms with Crippen LogP contribution in [-0.2, 0) is 9.53 Å². The van der Waals surface area contributed by atoms with Crippen LogP contribution in [0.25, 0.3) is 0 Å². The number of carbonyl (C=O) groups excluding carboxylic acids is 1. The third-order valence-electron chi connectivity index (χ3n) is 10.7. The normalized spacial score (nSPS) is 36.2. The van der Waals surface area contributed by atoms with E-state index in [4.69, 9.17) is 4.74 Å². The molecule has 0 bridgehead atoms. The second-order valence-electron chi connectivity index (χ2n) is 12.4. The first-order valence-electron chi connectivity index (χ1n) is 14.7. The van der Waals surface area contributed by atoms with Crippen molar-refractivity contribution in [3.8, 4) is 11.8 Å². The number of nitrogens with zero attached hydrogens (tertiary/aromatic N) is 2. The predicted molar refractivity (Wildman–Crippen MR) is 152 cm³/mol. The second-order valence-corrected chi connectivity index (χ2v) is 12.4. The highest BCUT2D eigenvalue weighted by Gasteiger charge is 2.65. The molecule has 1 aromatic carbocycles. The number of aliphatic hydroxyl groups excluding tert-OH is 1. The SMILES string of the molecule is CC(=O)[C@@]1(C#CCO)CC[C@H]2[C@@H]3CC(F)C4=C/C(=N/O)CCC4=C3[C@@H](c3ccc(N4CCOCC4)cc3)C[C@@]21C. The minimum Gasteiger partial charge on any atom is -0.411 e. The van der Waals surface area contributed by atoms with Crippen molar-refractivity contribution >= 4 is 17.2 Å². The number of benzene rings is 1. The summed E-state index contributed by atoms with van der Waals surface area (Å²) in [5.74, 6) is 6.30. The number of rotatable bonds is 3. The van der Waals surface area contributed by atoms with E-state index in [-0.39, 0.29) is 30.1 Å². The smallest absolute Gasteiger partial charge is 0.148 e. The monoisotopic (exact) mass is 546 g/mol. The summed E-state index contributed by atoms with van der Waals surface area (Å²) < 4.78 is 21.5. The molecule has 1 heterocycles. The Labute approximate surface area is 236 Å². The van der Waals surface area contributed by atoms with Crippen LogP contribution in [0.4, 0.5) is 10.1 Å². The number of fused-ring (bicyclic) bond motifs is 4. The van der Waals surface area contributed by atoms with E-state index in [1.54, 1.807) is 13.0 Å². The number of carbonyl (C=O) groups is 1. The lowest BCUT2D eigenvalue weighted by atomic mass is 9.48. The summed E-state index contributed by atoms with van der Waals surface area (Å²) in [4.78, 5) is 15.7. The molecule has 1 saturated heterocycles. The molecule has 3 fully saturated rings. The fraction of sp³-hybridized carbons (Fsp3) is 0.576. The molecule has 6 atom stereocenters. The second kappa shape index (κ2) is 10.5. The molecule has 0 aromatic heterocycles. The molecule has 0 radical (unpaired) electrons. The van der Waals surface area contributed by atoms with Crippen molar-refractivity contribution in [2.24, 2.45) is 27.8 Å². The van der Waals surface area contributed by atoms with Gasteiger partial charge in [0.25, 0.3) is 0 Å². The number of anilines is 1. The van der Waals surface area contributed by atoms with Crippen LogP contribution >= 0.6 is 0 Å². The minimum absolute atomic E-state index is 0.00888. The van der Waals surface area contributed by atoms with Crippen molar-refractivity contribution in [2.75, 3.05) is 37.8 Å². The van der Waals surface area contributed by atoms with Gasteiger partial charge in [-0.25, -0.2) is 4.39 Å². The van der Waals surface area contributed by atoms with E-state index in [0.717, 1.165) is 44.7 Å². The van der Waals surface area contributed by atoms with Crippen LogP contribution in [0.15, 0.2) is 52.2 Å². The largest absolute Gasteiger partial charge is 0.411 e. The minimum atomic E-state index is -1.14. The fourth-order valence-corrected chi connectivity index (χ4v) is 8.85. The van der Waals surface area contributed by atoms with E-state index < -0.39 is 17.0 Å². The zero-order chi connectivity index (χ0) is 28.1. The topological polar surface area (TPSA) is 82.4 Å². The van der Waals surface area contributed by atoms with Crippen molar-refractivity contribution in [3.05, 3.63) is 52.6 Å². The van der Waals surface area contributed by atoms with Gasteiger partial charge >= 0.3 is 0 Å². The van der Waals surface area contributed by atoms with E-state index in [1.807, 2.05) is 0 Å². The van der Waals surface area contributed by atoms with Crippen LogP contribution < -0.4 is 4.90 Å². The third kappa shape index (κ3) is 4.14. The van der Waals surface area contributed by atoms with Crippen molar-refractivity contribution < 1.29 is 24.2 Å². The quantitative estimate of drug-likeness (QED) is 0.309. The summed E-state index contributed by atoms with van der Waals surface area (Å²) in [7, 11) is 0. The highest BCUT2D eigenvalue weighted by Crippen LogP contribution is 2.69. The number of Topliss-reactive ketones (excluding diaryl/α,β-unsaturated/α-hetero) is 1. The van der Waals surface area contributed by atoms with Crippen molar-refractivity contribution in [1.29, 1.82) is 0 Å². The highest BCUT2D eigenvalue weighted by atomic mass is 19.1. The van der Waals surface area contributed by atoms with Gasteiger partial charge in [0, 0.05) is 24.7 Å². The molecule has 7 heteroatoms. The number of ketones is 1. The van der Waals surface area contributed by atoms with Crippen molar-refractivity contribution in [3.63, 3.8) is 0 Å². The number of morpholine rings is 1. The summed E-state index contributed by atoms with van der Waals surface area (Å²) in [5, 5.41) is 22.4. The average molecular weight is 547 g/mol. The molecule has 0 amide bonds. The molecule has 1 unspecified atom stereocenters. The molecule has 5 aliphatic rings. The van der Waals surface area contributed by atoms with E-state index in [9.17, 15) is 15.1 Å². The molecular weight excluding hydrogens is 507 g/mol. The first-order valence-corrected chi connectivity index (χ1v) is 14.7. The van der Waals surface area contributed by atoms with Gasteiger partial charge < -0.3 is 20.0 Å². The van der Waals surface area contributed by atoms with Gasteiger partial charge in [0.1, 0.15) is 18.6 Å². The maximum Gasteiger partial charge on any atom is 0.148 e. The highest BCUT2D eigenvalue weighted by molar-refractivity contribution is 5.97. The van der Waals surface area contributed by atoms with Gasteiger partial charge in [0.2, 0.25) is 0 Å². The number of aliphatic hydroxyl groups is 1. The van der Waals surface area contributed by atoms with Gasteiger partial charge in [0.15, 0.2) is 0 Å². The lowest BCUT2D eigenvalue weighted by molar-refractivity contribution is -0.130. The Balaban J connectivity index is 1.49. The lowest BCUT2D eigenvalue weighted by Crippen LogP contribution is -2.51. The number of oxime groups is 1. The Hall–Kier alpha value is -2.95. The molecule has 40 heavy (non-hydrogen) atoms. The molecule has 4 aliphatic carbocycles. The average Bonchev–Trinajstić information content (AvgIpc) is 3.29. The lowest BCUT2D eigenvalue weighted by Gasteiger charge is -2.55. The summed E-state index contributed by atoms with van der Waals surface area (Å²) in [6.45, 7) is 6.74. The number of hydrogen-bond acceptors (Lipinski definition) is 6. The summed E-state index contributed by atoms with van der Waals surface area (Å²) in [6.07, 6.45) is 4.42. The Morgan fingerprint density at radius 3 is 2.65 bits per heavy atom. The predicted octanol–water partition coefficient (Wildman–Crippen LogP) is 5.20. The van der Waals surface area contributed by atoms with Crippen LogP contribution in [0.1, 0.15) is 63.9 Å². The summed E-state index contributed by atoms with van der Waals surface area (Å²) in [6, 6.07) is 8.79. The number of allylic oxidation sites excluding steroid dienone is 4. The fourth-order valence-electron chi connectivity index (χ4n) is 8.85.